The van der Waals surface area contributed by atoms with E-state index in [1.807, 2.05) is 12.4 Å². The maximum Gasteiger partial charge on any atom is 0.262 e. The Labute approximate surface area is 284 Å². The van der Waals surface area contributed by atoms with Crippen LogP contribution in [0.2, 0.25) is 0 Å². The Morgan fingerprint density at radius 2 is 1.73 bits per heavy atom. The summed E-state index contributed by atoms with van der Waals surface area (Å²) in [6.07, 6.45) is 12.6. The van der Waals surface area contributed by atoms with Crippen LogP contribution >= 0.6 is 0 Å². The van der Waals surface area contributed by atoms with Crippen LogP contribution in [0.4, 0.5) is 5.69 Å². The van der Waals surface area contributed by atoms with Crippen LogP contribution in [0.3, 0.4) is 0 Å². The molecule has 2 N–H and O–H groups in total. The predicted octanol–water partition coefficient (Wildman–Crippen LogP) is 4.55. The van der Waals surface area contributed by atoms with Crippen molar-refractivity contribution in [2.24, 2.45) is 5.92 Å². The first-order valence-corrected chi connectivity index (χ1v) is 17.4. The van der Waals surface area contributed by atoms with Crippen molar-refractivity contribution >= 4 is 40.3 Å². The van der Waals surface area contributed by atoms with Gasteiger partial charge in [0.05, 0.1) is 46.3 Å². The fourth-order valence-corrected chi connectivity index (χ4v) is 7.79. The molecule has 12 heteroatoms. The normalized spacial score (nSPS) is 23.1. The van der Waals surface area contributed by atoms with Crippen molar-refractivity contribution in [2.45, 2.75) is 69.4 Å². The third kappa shape index (κ3) is 6.09. The lowest BCUT2D eigenvalue weighted by atomic mass is 9.77. The maximum absolute atomic E-state index is 13.1. The number of carbonyl (C=O) groups is 4. The van der Waals surface area contributed by atoms with Gasteiger partial charge in [-0.3, -0.25) is 39.1 Å². The monoisotopic (exact) mass is 660 g/mol. The van der Waals surface area contributed by atoms with Crippen LogP contribution in [-0.2, 0) is 9.59 Å². The molecule has 3 aliphatic heterocycles. The highest BCUT2D eigenvalue weighted by Gasteiger charge is 2.44. The van der Waals surface area contributed by atoms with E-state index in [0.29, 0.717) is 17.9 Å². The van der Waals surface area contributed by atoms with Crippen LogP contribution < -0.4 is 10.6 Å². The van der Waals surface area contributed by atoms with E-state index in [4.69, 9.17) is 9.97 Å². The first kappa shape index (κ1) is 31.3. The van der Waals surface area contributed by atoms with E-state index in [0.717, 1.165) is 78.2 Å². The zero-order chi connectivity index (χ0) is 33.6. The SMILES string of the molecule is CN1CCC(c2ccc3ncc(-c4cnn([C@H]5C[C@H](CCCNc6ccc7c(c6)C(=O)N(C6CCC(=O)NC6=O)C7=O)C5)c4)nc3c2)CC1. The molecule has 1 unspecified atom stereocenters. The summed E-state index contributed by atoms with van der Waals surface area (Å²) in [4.78, 5) is 63.0. The Morgan fingerprint density at radius 1 is 0.918 bits per heavy atom. The van der Waals surface area contributed by atoms with Crippen LogP contribution in [0.15, 0.2) is 55.0 Å². The molecule has 2 saturated heterocycles. The number of imide groups is 2. The molecule has 0 spiro atoms. The van der Waals surface area contributed by atoms with Crippen molar-refractivity contribution in [3.8, 4) is 11.3 Å². The van der Waals surface area contributed by atoms with Crippen molar-refractivity contribution in [1.82, 2.24) is 34.9 Å². The molecule has 49 heavy (non-hydrogen) atoms. The minimum absolute atomic E-state index is 0.0987. The minimum Gasteiger partial charge on any atom is -0.385 e. The maximum atomic E-state index is 13.1. The first-order valence-electron chi connectivity index (χ1n) is 17.4. The zero-order valence-electron chi connectivity index (χ0n) is 27.6. The summed E-state index contributed by atoms with van der Waals surface area (Å²) in [5.74, 6) is -0.781. The molecular weight excluding hydrogens is 620 g/mol. The highest BCUT2D eigenvalue weighted by Crippen LogP contribution is 2.41. The number of rotatable bonds is 9. The Kier molecular flexibility index (Phi) is 8.18. The van der Waals surface area contributed by atoms with Crippen LogP contribution in [-0.4, -0.2) is 85.9 Å². The average molecular weight is 661 g/mol. The number of amides is 4. The highest BCUT2D eigenvalue weighted by molar-refractivity contribution is 6.23. The van der Waals surface area contributed by atoms with Crippen LogP contribution in [0, 0.1) is 5.92 Å². The van der Waals surface area contributed by atoms with E-state index >= 15 is 0 Å². The number of hydrogen-bond donors (Lipinski definition) is 2. The van der Waals surface area contributed by atoms with E-state index in [1.54, 1.807) is 18.2 Å². The molecule has 4 aliphatic rings. The van der Waals surface area contributed by atoms with Gasteiger partial charge in [0.15, 0.2) is 0 Å². The van der Waals surface area contributed by atoms with Gasteiger partial charge in [0.2, 0.25) is 11.8 Å². The molecule has 2 aromatic heterocycles. The number of carbonyl (C=O) groups excluding carboxylic acids is 4. The number of anilines is 1. The second-order valence-electron chi connectivity index (χ2n) is 14.1. The molecular formula is C37H40N8O4. The van der Waals surface area contributed by atoms with Gasteiger partial charge in [-0.15, -0.1) is 0 Å². The molecule has 4 aromatic rings. The van der Waals surface area contributed by atoms with Gasteiger partial charge in [-0.05, 0) is 113 Å². The van der Waals surface area contributed by atoms with Crippen LogP contribution in [0.5, 0.6) is 0 Å². The summed E-state index contributed by atoms with van der Waals surface area (Å²) in [7, 11) is 2.19. The van der Waals surface area contributed by atoms with Gasteiger partial charge in [-0.2, -0.15) is 5.10 Å². The molecule has 252 valence electrons. The molecule has 4 amide bonds. The van der Waals surface area contributed by atoms with Crippen molar-refractivity contribution in [2.75, 3.05) is 32.0 Å². The van der Waals surface area contributed by atoms with Gasteiger partial charge in [-0.1, -0.05) is 6.07 Å². The Balaban J connectivity index is 0.817. The number of benzene rings is 2. The third-order valence-corrected chi connectivity index (χ3v) is 10.8. The third-order valence-electron chi connectivity index (χ3n) is 10.8. The van der Waals surface area contributed by atoms with E-state index < -0.39 is 23.8 Å². The van der Waals surface area contributed by atoms with Gasteiger partial charge in [0.25, 0.3) is 11.8 Å². The first-order chi connectivity index (χ1) is 23.8. The van der Waals surface area contributed by atoms with Crippen LogP contribution in [0.25, 0.3) is 22.3 Å². The summed E-state index contributed by atoms with van der Waals surface area (Å²) >= 11 is 0. The number of nitrogens with zero attached hydrogens (tertiary/aromatic N) is 6. The Bertz CT molecular complexity index is 1960. The predicted molar refractivity (Wildman–Crippen MR) is 183 cm³/mol. The van der Waals surface area contributed by atoms with Crippen molar-refractivity contribution in [3.05, 3.63) is 71.7 Å². The summed E-state index contributed by atoms with van der Waals surface area (Å²) in [6.45, 7) is 3.00. The molecule has 0 bridgehead atoms. The smallest absolute Gasteiger partial charge is 0.262 e. The molecule has 0 radical (unpaired) electrons. The molecule has 1 aliphatic carbocycles. The zero-order valence-corrected chi connectivity index (χ0v) is 27.6. The lowest BCUT2D eigenvalue weighted by Gasteiger charge is -2.35. The molecule has 12 nitrogen and oxygen atoms in total. The summed E-state index contributed by atoms with van der Waals surface area (Å²) < 4.78 is 2.08. The quantitative estimate of drug-likeness (QED) is 0.195. The molecule has 2 aromatic carbocycles. The number of nitrogens with one attached hydrogen (secondary N) is 2. The van der Waals surface area contributed by atoms with Crippen molar-refractivity contribution < 1.29 is 19.2 Å². The second-order valence-corrected chi connectivity index (χ2v) is 14.1. The standard InChI is InChI=1S/C37H40N8O4/c1-43-13-10-23(11-14-43)24-4-7-30-31(17-24)41-32(20-39-30)25-19-40-44(21-25)27-15-22(16-27)3-2-12-38-26-5-6-28-29(18-26)37(49)45(36(28)48)33-8-9-34(46)42-35(33)47/h4-7,17-23,27,33,38H,2-3,8-16H2,1H3,(H,42,46,47)/t22-,27-,33?. The number of hydrogen-bond acceptors (Lipinski definition) is 9. The van der Waals surface area contributed by atoms with E-state index in [2.05, 4.69) is 56.8 Å². The molecule has 5 heterocycles. The Morgan fingerprint density at radius 3 is 2.55 bits per heavy atom. The molecule has 8 rings (SSSR count). The topological polar surface area (TPSA) is 142 Å². The lowest BCUT2D eigenvalue weighted by molar-refractivity contribution is -0.136. The van der Waals surface area contributed by atoms with E-state index in [9.17, 15) is 19.2 Å². The van der Waals surface area contributed by atoms with Crippen molar-refractivity contribution in [1.29, 1.82) is 0 Å². The van der Waals surface area contributed by atoms with E-state index in [-0.39, 0.29) is 29.9 Å². The fraction of sp³-hybridized carbons (Fsp3) is 0.432. The summed E-state index contributed by atoms with van der Waals surface area (Å²) in [5, 5.41) is 10.3. The average Bonchev–Trinajstić information content (AvgIpc) is 3.66. The molecule has 1 saturated carbocycles. The molecule has 3 fully saturated rings. The van der Waals surface area contributed by atoms with Crippen molar-refractivity contribution in [3.63, 3.8) is 0 Å². The number of fused-ring (bicyclic) bond motifs is 2. The van der Waals surface area contributed by atoms with Gasteiger partial charge < -0.3 is 10.2 Å². The van der Waals surface area contributed by atoms with Gasteiger partial charge in [0.1, 0.15) is 6.04 Å². The highest BCUT2D eigenvalue weighted by atomic mass is 16.2. The number of aromatic nitrogens is 4. The number of likely N-dealkylation sites (tertiary alicyclic amines) is 1. The number of piperidine rings is 2. The summed E-state index contributed by atoms with van der Waals surface area (Å²) in [5.41, 5.74) is 6.38. The van der Waals surface area contributed by atoms with E-state index in [1.165, 1.54) is 18.4 Å². The second kappa shape index (κ2) is 12.8. The Hall–Kier alpha value is -4.97. The van der Waals surface area contributed by atoms with Gasteiger partial charge >= 0.3 is 0 Å². The summed E-state index contributed by atoms with van der Waals surface area (Å²) in [6, 6.07) is 11.1. The van der Waals surface area contributed by atoms with Gasteiger partial charge in [-0.25, -0.2) is 4.98 Å². The fourth-order valence-electron chi connectivity index (χ4n) is 7.79. The van der Waals surface area contributed by atoms with Crippen LogP contribution in [0.1, 0.15) is 89.6 Å². The van der Waals surface area contributed by atoms with Gasteiger partial charge in [0, 0.05) is 30.4 Å². The minimum atomic E-state index is -0.962. The largest absolute Gasteiger partial charge is 0.385 e. The molecule has 1 atom stereocenters. The lowest BCUT2D eigenvalue weighted by Crippen LogP contribution is -2.54.